The van der Waals surface area contributed by atoms with Gasteiger partial charge in [-0.25, -0.2) is 14.1 Å². The van der Waals surface area contributed by atoms with Crippen LogP contribution in [0.2, 0.25) is 0 Å². The zero-order valence-corrected chi connectivity index (χ0v) is 16.5. The average molecular weight is 483 g/mol. The van der Waals surface area contributed by atoms with Gasteiger partial charge in [-0.1, -0.05) is 12.1 Å². The van der Waals surface area contributed by atoms with E-state index in [1.807, 2.05) is 0 Å². The number of hydrogen-bond acceptors (Lipinski definition) is 5. The highest BCUT2D eigenvalue weighted by Crippen LogP contribution is 2.28. The molecule has 0 aromatic heterocycles. The van der Waals surface area contributed by atoms with Crippen molar-refractivity contribution in [1.29, 1.82) is 5.41 Å². The molecule has 0 saturated carbocycles. The monoisotopic (exact) mass is 482 g/mol. The lowest BCUT2D eigenvalue weighted by atomic mass is 10.1. The topological polar surface area (TPSA) is 126 Å². The van der Waals surface area contributed by atoms with Crippen LogP contribution in [-0.4, -0.2) is 40.0 Å². The van der Waals surface area contributed by atoms with Gasteiger partial charge in [-0.2, -0.15) is 13.2 Å². The first kappa shape index (κ1) is 24.1. The quantitative estimate of drug-likeness (QED) is 0.164. The normalized spacial score (nSPS) is 12.9. The number of nitrogens with zero attached hydrogens (tertiary/aromatic N) is 2. The van der Waals surface area contributed by atoms with Gasteiger partial charge in [-0.05, 0) is 53.0 Å². The first-order valence-electron chi connectivity index (χ1n) is 7.72. The number of benzene rings is 1. The summed E-state index contributed by atoms with van der Waals surface area (Å²) in [4.78, 5) is 23.5. The fourth-order valence-corrected chi connectivity index (χ4v) is 2.45. The van der Waals surface area contributed by atoms with Crippen molar-refractivity contribution >= 4 is 45.2 Å². The van der Waals surface area contributed by atoms with E-state index in [4.69, 9.17) is 5.41 Å². The zero-order chi connectivity index (χ0) is 22.5. The summed E-state index contributed by atoms with van der Waals surface area (Å²) in [6.45, 7) is 2.96. The summed E-state index contributed by atoms with van der Waals surface area (Å²) in [5.41, 5.74) is -1.39. The molecule has 2 amide bonds. The second-order valence-corrected chi connectivity index (χ2v) is 6.33. The Balaban J connectivity index is 3.57. The minimum atomic E-state index is -5.33. The van der Waals surface area contributed by atoms with Crippen molar-refractivity contribution in [3.63, 3.8) is 0 Å². The maximum absolute atomic E-state index is 13.5. The molecule has 0 aliphatic carbocycles. The van der Waals surface area contributed by atoms with Crippen LogP contribution in [0.25, 0.3) is 0 Å². The molecule has 0 fully saturated rings. The number of alkyl halides is 3. The Hall–Kier alpha value is -2.96. The SMILES string of the molecule is CC/C(C)=C(\C(=N\O)C(=N)NC(=O)C(F)(F)F)N(C(=O)O)c1ccc(F)c(Br)c1. The fourth-order valence-electron chi connectivity index (χ4n) is 2.09. The smallest absolute Gasteiger partial charge is 0.464 e. The summed E-state index contributed by atoms with van der Waals surface area (Å²) in [5, 5.41) is 30.5. The van der Waals surface area contributed by atoms with Gasteiger partial charge in [0.1, 0.15) is 5.82 Å². The van der Waals surface area contributed by atoms with E-state index in [-0.39, 0.29) is 22.2 Å². The van der Waals surface area contributed by atoms with Crippen molar-refractivity contribution in [2.24, 2.45) is 5.16 Å². The maximum Gasteiger partial charge on any atom is 0.471 e. The van der Waals surface area contributed by atoms with Gasteiger partial charge >= 0.3 is 18.2 Å². The molecule has 1 rings (SSSR count). The molecule has 0 aliphatic rings. The van der Waals surface area contributed by atoms with Gasteiger partial charge in [0, 0.05) is 0 Å². The molecule has 8 nitrogen and oxygen atoms in total. The van der Waals surface area contributed by atoms with Crippen molar-refractivity contribution in [3.8, 4) is 0 Å². The molecule has 0 radical (unpaired) electrons. The van der Waals surface area contributed by atoms with Crippen molar-refractivity contribution in [2.45, 2.75) is 26.4 Å². The van der Waals surface area contributed by atoms with Crippen LogP contribution >= 0.6 is 15.9 Å². The number of carbonyl (C=O) groups excluding carboxylic acids is 1. The third kappa shape index (κ3) is 5.76. The second-order valence-electron chi connectivity index (χ2n) is 5.47. The minimum Gasteiger partial charge on any atom is -0.464 e. The van der Waals surface area contributed by atoms with Crippen LogP contribution in [0.4, 0.5) is 28.0 Å². The van der Waals surface area contributed by atoms with Crippen LogP contribution in [0, 0.1) is 11.2 Å². The van der Waals surface area contributed by atoms with E-state index in [1.165, 1.54) is 12.2 Å². The molecule has 0 saturated heterocycles. The molecule has 29 heavy (non-hydrogen) atoms. The first-order valence-corrected chi connectivity index (χ1v) is 8.51. The summed E-state index contributed by atoms with van der Waals surface area (Å²) in [7, 11) is 0. The Kier molecular flexibility index (Phi) is 7.88. The van der Waals surface area contributed by atoms with Gasteiger partial charge in [-0.15, -0.1) is 0 Å². The number of carbonyl (C=O) groups is 2. The van der Waals surface area contributed by atoms with E-state index in [1.54, 1.807) is 6.92 Å². The predicted octanol–water partition coefficient (Wildman–Crippen LogP) is 4.24. The Labute approximate surface area is 170 Å². The van der Waals surface area contributed by atoms with Gasteiger partial charge < -0.3 is 15.6 Å². The van der Waals surface area contributed by atoms with Gasteiger partial charge in [0.25, 0.3) is 0 Å². The number of allylic oxidation sites excluding steroid dienone is 1. The summed E-state index contributed by atoms with van der Waals surface area (Å²) >= 11 is 2.89. The molecule has 0 atom stereocenters. The average Bonchev–Trinajstić information content (AvgIpc) is 2.62. The molecule has 1 aromatic carbocycles. The molecule has 0 bridgehead atoms. The van der Waals surface area contributed by atoms with E-state index in [2.05, 4.69) is 21.1 Å². The standard InChI is InChI=1S/C16H15BrF4N4O4/c1-3-7(2)12(11(24-29)13(22)23-14(26)16(19,20)21)25(15(27)28)8-4-5-10(18)9(17)6-8/h4-6,29H,3H2,1-2H3,(H,27,28)(H2,22,23,26)/b12-7+,24-11-. The highest BCUT2D eigenvalue weighted by Gasteiger charge is 2.40. The first-order chi connectivity index (χ1) is 13.3. The number of oxime groups is 1. The van der Waals surface area contributed by atoms with E-state index in [0.29, 0.717) is 4.90 Å². The number of anilines is 1. The molecule has 4 N–H and O–H groups in total. The summed E-state index contributed by atoms with van der Waals surface area (Å²) in [6.07, 6.45) is -6.85. The molecule has 0 heterocycles. The van der Waals surface area contributed by atoms with E-state index in [9.17, 15) is 37.5 Å². The number of amides is 2. The Morgan fingerprint density at radius 1 is 1.34 bits per heavy atom. The van der Waals surface area contributed by atoms with E-state index in [0.717, 1.165) is 18.2 Å². The molecule has 0 spiro atoms. The second kappa shape index (κ2) is 9.49. The lowest BCUT2D eigenvalue weighted by Crippen LogP contribution is -2.46. The molecule has 1 aromatic rings. The minimum absolute atomic E-state index is 0.113. The lowest BCUT2D eigenvalue weighted by molar-refractivity contribution is -0.171. The molecule has 0 unspecified atom stereocenters. The van der Waals surface area contributed by atoms with Crippen LogP contribution < -0.4 is 10.2 Å². The Morgan fingerprint density at radius 2 is 1.93 bits per heavy atom. The van der Waals surface area contributed by atoms with Crippen LogP contribution in [0.5, 0.6) is 0 Å². The molecule has 13 heteroatoms. The highest BCUT2D eigenvalue weighted by molar-refractivity contribution is 9.10. The van der Waals surface area contributed by atoms with Crippen LogP contribution in [-0.2, 0) is 4.79 Å². The summed E-state index contributed by atoms with van der Waals surface area (Å²) in [6, 6.07) is 3.06. The van der Waals surface area contributed by atoms with E-state index >= 15 is 0 Å². The number of rotatable bonds is 5. The fraction of sp³-hybridized carbons (Fsp3) is 0.250. The third-order valence-corrected chi connectivity index (χ3v) is 4.18. The number of nitrogens with one attached hydrogen (secondary N) is 2. The van der Waals surface area contributed by atoms with Crippen LogP contribution in [0.3, 0.4) is 0 Å². The summed E-state index contributed by atoms with van der Waals surface area (Å²) < 4.78 is 50.8. The number of carboxylic acid groups (broad SMARTS) is 1. The summed E-state index contributed by atoms with van der Waals surface area (Å²) in [5.74, 6) is -4.51. The molecular weight excluding hydrogens is 468 g/mol. The molecule has 0 aliphatic heterocycles. The highest BCUT2D eigenvalue weighted by atomic mass is 79.9. The van der Waals surface area contributed by atoms with Crippen molar-refractivity contribution in [1.82, 2.24) is 5.32 Å². The van der Waals surface area contributed by atoms with Crippen LogP contribution in [0.1, 0.15) is 20.3 Å². The zero-order valence-electron chi connectivity index (χ0n) is 14.9. The van der Waals surface area contributed by atoms with Crippen molar-refractivity contribution < 1.29 is 37.5 Å². The van der Waals surface area contributed by atoms with Gasteiger partial charge in [0.15, 0.2) is 11.5 Å². The third-order valence-electron chi connectivity index (χ3n) is 3.57. The Morgan fingerprint density at radius 3 is 2.34 bits per heavy atom. The van der Waals surface area contributed by atoms with E-state index < -0.39 is 41.2 Å². The van der Waals surface area contributed by atoms with Gasteiger partial charge in [-0.3, -0.25) is 10.2 Å². The predicted molar refractivity (Wildman–Crippen MR) is 98.7 cm³/mol. The van der Waals surface area contributed by atoms with Gasteiger partial charge in [0.05, 0.1) is 15.9 Å². The van der Waals surface area contributed by atoms with Crippen molar-refractivity contribution in [2.75, 3.05) is 4.90 Å². The van der Waals surface area contributed by atoms with Gasteiger partial charge in [0.2, 0.25) is 0 Å². The maximum atomic E-state index is 13.5. The molecule has 158 valence electrons. The number of amidine groups is 1. The Bertz CT molecular complexity index is 899. The molecular formula is C16H15BrF4N4O4. The number of halogens is 5. The van der Waals surface area contributed by atoms with Crippen molar-refractivity contribution in [3.05, 3.63) is 39.8 Å². The number of hydrogen-bond donors (Lipinski definition) is 4. The largest absolute Gasteiger partial charge is 0.471 e. The lowest BCUT2D eigenvalue weighted by Gasteiger charge is -2.26. The van der Waals surface area contributed by atoms with Crippen LogP contribution in [0.15, 0.2) is 39.1 Å².